The van der Waals surface area contributed by atoms with E-state index in [4.69, 9.17) is 5.73 Å². The second-order valence-corrected chi connectivity index (χ2v) is 10.3. The minimum atomic E-state index is -1.25. The number of nitrogens with one attached hydrogen (secondary N) is 1. The zero-order valence-corrected chi connectivity index (χ0v) is 17.8. The third kappa shape index (κ3) is 4.84. The van der Waals surface area contributed by atoms with Crippen molar-refractivity contribution in [2.45, 2.75) is 76.1 Å². The lowest BCUT2D eigenvalue weighted by molar-refractivity contribution is -0.140. The normalized spacial score (nSPS) is 39.1. The van der Waals surface area contributed by atoms with Crippen molar-refractivity contribution in [3.05, 3.63) is 0 Å². The van der Waals surface area contributed by atoms with E-state index < -0.39 is 7.12 Å². The number of carbonyl (C=O) groups is 1. The number of fused-ring (bicyclic) bond motifs is 1. The fraction of sp³-hybridized carbons (Fsp3) is 0.955. The minimum absolute atomic E-state index is 0.0680. The van der Waals surface area contributed by atoms with Crippen LogP contribution in [-0.4, -0.2) is 60.2 Å². The lowest BCUT2D eigenvalue weighted by Gasteiger charge is -2.46. The molecule has 4 aliphatic rings. The van der Waals surface area contributed by atoms with Crippen molar-refractivity contribution >= 4 is 13.0 Å². The van der Waals surface area contributed by atoms with E-state index in [0.717, 1.165) is 70.0 Å². The Hall–Kier alpha value is -0.625. The predicted octanol–water partition coefficient (Wildman–Crippen LogP) is 1.61. The highest BCUT2D eigenvalue weighted by Gasteiger charge is 2.44. The Kier molecular flexibility index (Phi) is 7.20. The van der Waals surface area contributed by atoms with Gasteiger partial charge in [-0.2, -0.15) is 0 Å². The minimum Gasteiger partial charge on any atom is -0.427 e. The predicted molar refractivity (Wildman–Crippen MR) is 115 cm³/mol. The van der Waals surface area contributed by atoms with Crippen LogP contribution in [0.4, 0.5) is 0 Å². The van der Waals surface area contributed by atoms with E-state index in [1.807, 2.05) is 0 Å². The maximum Gasteiger partial charge on any atom is 0.456 e. The average Bonchev–Trinajstić information content (AvgIpc) is 2.78. The zero-order valence-electron chi connectivity index (χ0n) is 17.8. The van der Waals surface area contributed by atoms with Gasteiger partial charge in [-0.3, -0.25) is 4.79 Å². The molecule has 0 aromatic heterocycles. The molecule has 29 heavy (non-hydrogen) atoms. The van der Waals surface area contributed by atoms with Gasteiger partial charge in [-0.15, -0.1) is 0 Å². The molecule has 1 amide bonds. The molecule has 164 valence electrons. The Morgan fingerprint density at radius 3 is 2.41 bits per heavy atom. The molecule has 6 nitrogen and oxygen atoms in total. The largest absolute Gasteiger partial charge is 0.456 e. The molecule has 0 spiro atoms. The summed E-state index contributed by atoms with van der Waals surface area (Å²) < 4.78 is 0. The highest BCUT2D eigenvalue weighted by atomic mass is 16.4. The van der Waals surface area contributed by atoms with E-state index in [2.05, 4.69) is 10.2 Å². The lowest BCUT2D eigenvalue weighted by atomic mass is 9.61. The Balaban J connectivity index is 1.30. The van der Waals surface area contributed by atoms with Crippen molar-refractivity contribution in [1.82, 2.24) is 10.2 Å². The first-order valence-electron chi connectivity index (χ1n) is 12.1. The Labute approximate surface area is 176 Å². The monoisotopic (exact) mass is 405 g/mol. The first-order chi connectivity index (χ1) is 14.1. The molecule has 0 radical (unpaired) electrons. The second-order valence-electron chi connectivity index (χ2n) is 10.3. The number of hydrogen-bond acceptors (Lipinski definition) is 5. The molecule has 6 unspecified atom stereocenters. The van der Waals surface area contributed by atoms with E-state index in [-0.39, 0.29) is 17.8 Å². The summed E-state index contributed by atoms with van der Waals surface area (Å²) in [6.07, 6.45) is 11.5. The van der Waals surface area contributed by atoms with Crippen molar-refractivity contribution in [2.75, 3.05) is 26.2 Å². The summed E-state index contributed by atoms with van der Waals surface area (Å²) in [6.45, 7) is 3.27. The Morgan fingerprint density at radius 2 is 1.69 bits per heavy atom. The van der Waals surface area contributed by atoms with Gasteiger partial charge in [-0.1, -0.05) is 19.3 Å². The van der Waals surface area contributed by atoms with Crippen LogP contribution in [0.15, 0.2) is 0 Å². The first kappa shape index (κ1) is 21.6. The topological polar surface area (TPSA) is 98.8 Å². The Morgan fingerprint density at radius 1 is 0.966 bits per heavy atom. The van der Waals surface area contributed by atoms with Crippen LogP contribution in [0, 0.1) is 29.6 Å². The van der Waals surface area contributed by atoms with Crippen molar-refractivity contribution < 1.29 is 14.8 Å². The molecule has 4 rings (SSSR count). The quantitative estimate of drug-likeness (QED) is 0.533. The van der Waals surface area contributed by atoms with Crippen molar-refractivity contribution in [1.29, 1.82) is 0 Å². The third-order valence-electron chi connectivity index (χ3n) is 8.67. The van der Waals surface area contributed by atoms with Gasteiger partial charge in [0, 0.05) is 24.9 Å². The van der Waals surface area contributed by atoms with E-state index >= 15 is 0 Å². The van der Waals surface area contributed by atoms with Crippen LogP contribution in [0.5, 0.6) is 0 Å². The van der Waals surface area contributed by atoms with Gasteiger partial charge >= 0.3 is 7.12 Å². The van der Waals surface area contributed by atoms with Gasteiger partial charge in [0.25, 0.3) is 0 Å². The van der Waals surface area contributed by atoms with Crippen molar-refractivity contribution in [3.8, 4) is 0 Å². The third-order valence-corrected chi connectivity index (χ3v) is 8.67. The highest BCUT2D eigenvalue weighted by molar-refractivity contribution is 6.43. The summed E-state index contributed by atoms with van der Waals surface area (Å²) in [5.74, 6) is 3.00. The van der Waals surface area contributed by atoms with Gasteiger partial charge in [0.2, 0.25) is 5.91 Å². The SMILES string of the molecule is NCC1CCCC(C2CCN(C(=O)C3CCCC4CC(B(O)O)CNC43)CC2)C1. The Bertz CT molecular complexity index is 555. The number of nitrogens with zero attached hydrogens (tertiary/aromatic N) is 1. The van der Waals surface area contributed by atoms with Crippen molar-refractivity contribution in [2.24, 2.45) is 35.3 Å². The van der Waals surface area contributed by atoms with Gasteiger partial charge in [-0.05, 0) is 81.7 Å². The van der Waals surface area contributed by atoms with Gasteiger partial charge < -0.3 is 26.0 Å². The van der Waals surface area contributed by atoms with E-state index in [1.54, 1.807) is 0 Å². The van der Waals surface area contributed by atoms with Gasteiger partial charge in [0.05, 0.1) is 5.92 Å². The van der Waals surface area contributed by atoms with Gasteiger partial charge in [0.1, 0.15) is 0 Å². The van der Waals surface area contributed by atoms with E-state index in [1.165, 1.54) is 25.7 Å². The fourth-order valence-electron chi connectivity index (χ4n) is 6.93. The van der Waals surface area contributed by atoms with E-state index in [0.29, 0.717) is 24.3 Å². The summed E-state index contributed by atoms with van der Waals surface area (Å²) >= 11 is 0. The molecule has 2 heterocycles. The zero-order chi connectivity index (χ0) is 20.4. The molecular weight excluding hydrogens is 365 g/mol. The molecule has 2 aliphatic heterocycles. The summed E-state index contributed by atoms with van der Waals surface area (Å²) in [6, 6.07) is 0.215. The number of hydrogen-bond donors (Lipinski definition) is 4. The van der Waals surface area contributed by atoms with Gasteiger partial charge in [-0.25, -0.2) is 0 Å². The van der Waals surface area contributed by atoms with Crippen LogP contribution < -0.4 is 11.1 Å². The summed E-state index contributed by atoms with van der Waals surface area (Å²) in [5, 5.41) is 22.6. The number of nitrogens with two attached hydrogens (primary N) is 1. The van der Waals surface area contributed by atoms with E-state index in [9.17, 15) is 14.8 Å². The van der Waals surface area contributed by atoms with Crippen LogP contribution in [0.2, 0.25) is 5.82 Å². The maximum absolute atomic E-state index is 13.4. The molecule has 2 saturated carbocycles. The molecule has 2 aliphatic carbocycles. The number of piperidine rings is 2. The molecule has 4 fully saturated rings. The van der Waals surface area contributed by atoms with Crippen LogP contribution in [0.3, 0.4) is 0 Å². The molecule has 0 bridgehead atoms. The summed E-state index contributed by atoms with van der Waals surface area (Å²) in [5.41, 5.74) is 5.93. The van der Waals surface area contributed by atoms with Crippen LogP contribution >= 0.6 is 0 Å². The molecule has 7 heteroatoms. The van der Waals surface area contributed by atoms with Crippen LogP contribution in [0.1, 0.15) is 64.2 Å². The number of rotatable bonds is 4. The summed E-state index contributed by atoms with van der Waals surface area (Å²) in [4.78, 5) is 15.5. The smallest absolute Gasteiger partial charge is 0.427 e. The highest BCUT2D eigenvalue weighted by Crippen LogP contribution is 2.41. The molecule has 5 N–H and O–H groups in total. The average molecular weight is 405 g/mol. The van der Waals surface area contributed by atoms with Gasteiger partial charge in [0.15, 0.2) is 0 Å². The first-order valence-corrected chi connectivity index (χ1v) is 12.1. The maximum atomic E-state index is 13.4. The summed E-state index contributed by atoms with van der Waals surface area (Å²) in [7, 11) is -1.25. The van der Waals surface area contributed by atoms with Crippen molar-refractivity contribution in [3.63, 3.8) is 0 Å². The second kappa shape index (κ2) is 9.67. The number of carbonyl (C=O) groups excluding carboxylic acids is 1. The fourth-order valence-corrected chi connectivity index (χ4v) is 6.93. The van der Waals surface area contributed by atoms with Crippen LogP contribution in [0.25, 0.3) is 0 Å². The number of likely N-dealkylation sites (tertiary alicyclic amines) is 1. The molecular formula is C22H40BN3O3. The standard InChI is InChI=1S/C22H40BN3O3/c24-13-15-3-1-4-17(11-15)16-7-9-26(10-8-16)22(27)20-6-2-5-18-12-19(23(28)29)14-25-21(18)20/h15-21,25,28-29H,1-14,24H2. The van der Waals surface area contributed by atoms with Crippen LogP contribution in [-0.2, 0) is 4.79 Å². The molecule has 0 aromatic carbocycles. The molecule has 0 aromatic rings. The number of amides is 1. The molecule has 2 saturated heterocycles. The molecule has 6 atom stereocenters. The lowest BCUT2D eigenvalue weighted by Crippen LogP contribution is -2.57.